The van der Waals surface area contributed by atoms with Gasteiger partial charge in [-0.25, -0.2) is 13.2 Å². The van der Waals surface area contributed by atoms with E-state index in [1.54, 1.807) is 22.6 Å². The van der Waals surface area contributed by atoms with Gasteiger partial charge in [-0.3, -0.25) is 0 Å². The Kier molecular flexibility index (Phi) is 12.0. The summed E-state index contributed by atoms with van der Waals surface area (Å²) in [6, 6.07) is 33.0. The molecule has 0 atom stereocenters. The van der Waals surface area contributed by atoms with E-state index in [1.807, 2.05) is 22.6 Å². The van der Waals surface area contributed by atoms with Gasteiger partial charge in [0.15, 0.2) is 31.4 Å². The van der Waals surface area contributed by atoms with E-state index in [0.717, 1.165) is 0 Å². The fraction of sp³-hybridized carbons (Fsp3) is 0.0741. The molecule has 4 rings (SSSR count). The summed E-state index contributed by atoms with van der Waals surface area (Å²) in [6.07, 6.45) is 0. The molecule has 210 valence electrons. The Morgan fingerprint density at radius 3 is 1.77 bits per heavy atom. The SMILES string of the molecule is Ic1ccc([S+](c2ccccc2)c2ccccc2)cc1.O=C(OCC(F)(F)S(=O)(=O)[O-])c1cc(I)cc(I)c1O. The summed E-state index contributed by atoms with van der Waals surface area (Å²) in [6.45, 7) is -1.92. The number of carbonyl (C=O) groups is 1. The topological polar surface area (TPSA) is 104 Å². The molecular formula is C27H19F2I3O6S2. The van der Waals surface area contributed by atoms with Crippen LogP contribution in [0.4, 0.5) is 8.78 Å². The lowest BCUT2D eigenvalue weighted by atomic mass is 10.2. The van der Waals surface area contributed by atoms with Gasteiger partial charge < -0.3 is 14.4 Å². The number of rotatable bonds is 7. The van der Waals surface area contributed by atoms with Gasteiger partial charge >= 0.3 is 11.2 Å². The molecule has 13 heteroatoms. The van der Waals surface area contributed by atoms with Crippen molar-refractivity contribution in [3.63, 3.8) is 0 Å². The molecule has 0 aliphatic rings. The molecule has 40 heavy (non-hydrogen) atoms. The van der Waals surface area contributed by atoms with Crippen LogP contribution in [0.5, 0.6) is 5.75 Å². The van der Waals surface area contributed by atoms with E-state index in [2.05, 4.69) is 112 Å². The van der Waals surface area contributed by atoms with Crippen molar-refractivity contribution in [2.45, 2.75) is 19.9 Å². The van der Waals surface area contributed by atoms with Gasteiger partial charge in [0.1, 0.15) is 11.3 Å². The molecular weight excluding hydrogens is 903 g/mol. The van der Waals surface area contributed by atoms with Gasteiger partial charge in [0, 0.05) is 7.14 Å². The predicted octanol–water partition coefficient (Wildman–Crippen LogP) is 7.28. The maximum absolute atomic E-state index is 12.8. The number of ether oxygens (including phenoxy) is 1. The van der Waals surface area contributed by atoms with Crippen molar-refractivity contribution in [3.05, 3.63) is 113 Å². The summed E-state index contributed by atoms with van der Waals surface area (Å²) in [5.41, 5.74) is -0.402. The van der Waals surface area contributed by atoms with Crippen LogP contribution in [-0.2, 0) is 25.7 Å². The van der Waals surface area contributed by atoms with Gasteiger partial charge in [-0.1, -0.05) is 36.4 Å². The highest BCUT2D eigenvalue weighted by Gasteiger charge is 2.39. The summed E-state index contributed by atoms with van der Waals surface area (Å²) in [7, 11) is -5.96. The molecule has 0 aliphatic carbocycles. The number of carbonyl (C=O) groups excluding carboxylic acids is 1. The molecule has 4 aromatic carbocycles. The van der Waals surface area contributed by atoms with Crippen LogP contribution in [0.3, 0.4) is 0 Å². The average molecular weight is 922 g/mol. The van der Waals surface area contributed by atoms with Crippen LogP contribution in [0.1, 0.15) is 10.4 Å². The second kappa shape index (κ2) is 14.6. The number of phenols is 1. The van der Waals surface area contributed by atoms with Crippen LogP contribution in [0.2, 0.25) is 0 Å². The summed E-state index contributed by atoms with van der Waals surface area (Å²) in [5.74, 6) is -1.84. The molecule has 1 N–H and O–H groups in total. The molecule has 0 aliphatic heterocycles. The predicted molar refractivity (Wildman–Crippen MR) is 173 cm³/mol. The molecule has 0 unspecified atom stereocenters. The third kappa shape index (κ3) is 8.98. The molecule has 0 aromatic heterocycles. The minimum atomic E-state index is -5.93. The first-order valence-electron chi connectivity index (χ1n) is 11.1. The first-order chi connectivity index (χ1) is 18.8. The zero-order valence-corrected chi connectivity index (χ0v) is 28.2. The Hall–Kier alpha value is -1.54. The number of benzene rings is 4. The third-order valence-corrected chi connectivity index (χ3v) is 10.2. The summed E-state index contributed by atoms with van der Waals surface area (Å²) in [5, 5.41) is 4.87. The molecule has 0 bridgehead atoms. The molecule has 0 amide bonds. The Bertz CT molecular complexity index is 1520. The maximum atomic E-state index is 12.8. The van der Waals surface area contributed by atoms with Crippen molar-refractivity contribution in [1.29, 1.82) is 0 Å². The van der Waals surface area contributed by atoms with E-state index in [0.29, 0.717) is 3.57 Å². The normalized spacial score (nSPS) is 11.5. The number of phenolic OH excluding ortho intramolecular Hbond substituents is 1. The molecule has 0 radical (unpaired) electrons. The summed E-state index contributed by atoms with van der Waals surface area (Å²) >= 11 is 5.88. The molecule has 6 nitrogen and oxygen atoms in total. The van der Waals surface area contributed by atoms with Gasteiger partial charge in [-0.2, -0.15) is 8.78 Å². The lowest BCUT2D eigenvalue weighted by Crippen LogP contribution is -2.34. The first-order valence-corrected chi connectivity index (χ1v) is 17.0. The first kappa shape index (κ1) is 33.0. The van der Waals surface area contributed by atoms with Crippen LogP contribution in [-0.4, -0.2) is 35.9 Å². The lowest BCUT2D eigenvalue weighted by Gasteiger charge is -2.19. The third-order valence-electron chi connectivity index (χ3n) is 4.99. The van der Waals surface area contributed by atoms with E-state index in [9.17, 15) is 31.7 Å². The minimum absolute atomic E-state index is 0.0262. The Morgan fingerprint density at radius 2 is 1.30 bits per heavy atom. The van der Waals surface area contributed by atoms with Crippen molar-refractivity contribution < 1.29 is 36.4 Å². The van der Waals surface area contributed by atoms with Crippen molar-refractivity contribution in [1.82, 2.24) is 0 Å². The largest absolute Gasteiger partial charge is 0.743 e. The summed E-state index contributed by atoms with van der Waals surface area (Å²) in [4.78, 5) is 15.6. The van der Waals surface area contributed by atoms with E-state index >= 15 is 0 Å². The fourth-order valence-electron chi connectivity index (χ4n) is 3.11. The number of esters is 1. The molecule has 0 heterocycles. The Labute approximate surface area is 274 Å². The van der Waals surface area contributed by atoms with Crippen molar-refractivity contribution in [2.24, 2.45) is 0 Å². The highest BCUT2D eigenvalue weighted by Crippen LogP contribution is 2.31. The van der Waals surface area contributed by atoms with Crippen LogP contribution in [0.15, 0.2) is 112 Å². The molecule has 0 saturated carbocycles. The fourth-order valence-corrected chi connectivity index (χ4v) is 7.60. The Balaban J connectivity index is 0.000000220. The van der Waals surface area contributed by atoms with E-state index < -0.39 is 39.3 Å². The van der Waals surface area contributed by atoms with Gasteiger partial charge in [0.25, 0.3) is 0 Å². The minimum Gasteiger partial charge on any atom is -0.743 e. The number of aromatic hydroxyl groups is 1. The second-order valence-electron chi connectivity index (χ2n) is 7.84. The number of alkyl halides is 2. The van der Waals surface area contributed by atoms with Crippen molar-refractivity contribution in [3.8, 4) is 5.75 Å². The van der Waals surface area contributed by atoms with E-state index in [-0.39, 0.29) is 14.5 Å². The van der Waals surface area contributed by atoms with Crippen LogP contribution < -0.4 is 0 Å². The van der Waals surface area contributed by atoms with Crippen LogP contribution in [0, 0.1) is 10.7 Å². The number of hydrogen-bond donors (Lipinski definition) is 1. The molecule has 0 saturated heterocycles. The van der Waals surface area contributed by atoms with E-state index in [1.165, 1.54) is 30.4 Å². The van der Waals surface area contributed by atoms with Gasteiger partial charge in [-0.15, -0.1) is 0 Å². The van der Waals surface area contributed by atoms with Crippen molar-refractivity contribution >= 4 is 94.8 Å². The highest BCUT2D eigenvalue weighted by atomic mass is 127. The maximum Gasteiger partial charge on any atom is 0.367 e. The van der Waals surface area contributed by atoms with Crippen LogP contribution >= 0.6 is 67.8 Å². The molecule has 0 fully saturated rings. The van der Waals surface area contributed by atoms with Crippen LogP contribution in [0.25, 0.3) is 0 Å². The average Bonchev–Trinajstić information content (AvgIpc) is 2.91. The quantitative estimate of drug-likeness (QED) is 0.0906. The van der Waals surface area contributed by atoms with Gasteiger partial charge in [0.2, 0.25) is 0 Å². The Morgan fingerprint density at radius 1 is 0.825 bits per heavy atom. The molecule has 4 aromatic rings. The smallest absolute Gasteiger partial charge is 0.367 e. The second-order valence-corrected chi connectivity index (χ2v) is 15.0. The standard InChI is InChI=1S/C18H14IS.C9H6F2I2O6S/c19-15-11-13-18(14-12-15)20(16-7-3-1-4-8-16)17-9-5-2-6-10-17;10-9(11,20(16,17)18)3-19-8(15)5-1-4(12)2-6(13)7(5)14/h1-14H;1-2,14H,3H2,(H,16,17,18)/q+1;/p-1. The number of halogens is 5. The van der Waals surface area contributed by atoms with Crippen molar-refractivity contribution in [2.75, 3.05) is 6.61 Å². The highest BCUT2D eigenvalue weighted by molar-refractivity contribution is 14.1. The zero-order chi connectivity index (χ0) is 29.5. The van der Waals surface area contributed by atoms with Gasteiger partial charge in [-0.05, 0) is 128 Å². The summed E-state index contributed by atoms with van der Waals surface area (Å²) < 4.78 is 62.5. The molecule has 0 spiro atoms. The van der Waals surface area contributed by atoms with Gasteiger partial charge in [0.05, 0.1) is 14.5 Å². The number of hydrogen-bond acceptors (Lipinski definition) is 6. The lowest BCUT2D eigenvalue weighted by molar-refractivity contribution is -0.0101. The zero-order valence-electron chi connectivity index (χ0n) is 20.1. The monoisotopic (exact) mass is 922 g/mol. The van der Waals surface area contributed by atoms with E-state index in [4.69, 9.17) is 0 Å².